The second-order valence-electron chi connectivity index (χ2n) is 27.0. The number of carboxylic acid groups (broad SMARTS) is 3. The molecule has 39 heteroatoms. The summed E-state index contributed by atoms with van der Waals surface area (Å²) in [6.07, 6.45) is -3.66. The van der Waals surface area contributed by atoms with Gasteiger partial charge in [0.25, 0.3) is 0 Å². The van der Waals surface area contributed by atoms with Crippen molar-refractivity contribution in [2.45, 2.75) is 258 Å². The van der Waals surface area contributed by atoms with E-state index < -0.39 is 254 Å². The Morgan fingerprint density at radius 1 is 0.365 bits per heavy atom. The maximum absolute atomic E-state index is 14.2. The minimum Gasteiger partial charge on any atom is -0.481 e. The molecule has 39 nitrogen and oxygen atoms in total. The molecular weight excluding hydrogens is 1370 g/mol. The number of nitrogens with two attached hydrogens (primary N) is 3. The lowest BCUT2D eigenvalue weighted by Crippen LogP contribution is -2.62. The minimum atomic E-state index is -1.90. The van der Waals surface area contributed by atoms with Gasteiger partial charge in [0.15, 0.2) is 0 Å². The number of amides is 14. The lowest BCUT2D eigenvalue weighted by atomic mass is 9.96. The quantitative estimate of drug-likeness (QED) is 0.0252. The number of carbonyl (C=O) groups is 17. The predicted molar refractivity (Wildman–Crippen MR) is 371 cm³/mol. The number of nitrogens with one attached hydrogen (secondary N) is 13. The third-order valence-corrected chi connectivity index (χ3v) is 16.6. The van der Waals surface area contributed by atoms with Crippen LogP contribution in [-0.2, 0) is 81.5 Å². The van der Waals surface area contributed by atoms with Crippen molar-refractivity contribution >= 4 is 101 Å². The fourth-order valence-corrected chi connectivity index (χ4v) is 9.98. The first-order valence-corrected chi connectivity index (χ1v) is 34.7. The standard InChI is InChI=1S/C65H114N16O23/c1-14-32(9)49(63(101)73-40(65(103)104)20-22-47(88)89)79-53(91)35(12)69-57(95)42(26-45(68)85)75-55(93)38(18-16-17-23-66)71-61(99)48(31(7)8)78-58(96)41(25-30(5)6)74-59(97)44(28-83)77-60(98)43(27-82)76-52(90)34(11)70-64(102)51(36(13)84)81-56(94)39(19-21-46(86)87)72-62(100)50(33(10)15-2)80-54(92)37(67)24-29(3)4/h29-44,48-51,82-84H,14-28,66-67H2,1-13H3,(H2,68,85)(H,69,95)(H,70,102)(H,71,99)(H,72,100)(H,73,101)(H,74,97)(H,75,93)(H,76,90)(H,77,98)(H,78,96)(H,79,91)(H,80,92)(H,81,94)(H,86,87)(H,88,89)(H,103,104)/t32-,33-,34-,35-,36+,37-,38-,39-,40-,41-,42-,43-,44-,48-,49-,50-,51-/m0/s1. The number of carboxylic acids is 3. The molecule has 0 aromatic rings. The van der Waals surface area contributed by atoms with Crippen molar-refractivity contribution in [1.29, 1.82) is 0 Å². The van der Waals surface area contributed by atoms with E-state index in [0.29, 0.717) is 12.8 Å². The second-order valence-corrected chi connectivity index (χ2v) is 27.0. The van der Waals surface area contributed by atoms with Gasteiger partial charge in [0.1, 0.15) is 78.5 Å². The number of hydrogen-bond acceptors (Lipinski definition) is 22. The van der Waals surface area contributed by atoms with Crippen molar-refractivity contribution < 1.29 is 112 Å². The summed E-state index contributed by atoms with van der Waals surface area (Å²) < 4.78 is 0. The number of primary amides is 1. The van der Waals surface area contributed by atoms with Crippen molar-refractivity contribution in [3.05, 3.63) is 0 Å². The number of aliphatic hydroxyl groups is 3. The van der Waals surface area contributed by atoms with E-state index in [1.165, 1.54) is 20.8 Å². The van der Waals surface area contributed by atoms with Gasteiger partial charge in [-0.25, -0.2) is 4.79 Å². The van der Waals surface area contributed by atoms with Crippen LogP contribution in [0, 0.1) is 29.6 Å². The summed E-state index contributed by atoms with van der Waals surface area (Å²) in [4.78, 5) is 225. The molecule has 0 aromatic heterocycles. The normalized spacial score (nSPS) is 16.2. The zero-order chi connectivity index (χ0) is 80.2. The molecule has 0 spiro atoms. The van der Waals surface area contributed by atoms with Crippen molar-refractivity contribution in [1.82, 2.24) is 69.1 Å². The highest BCUT2D eigenvalue weighted by atomic mass is 16.4. The fraction of sp³-hybridized carbons (Fsp3) is 0.738. The molecule has 104 heavy (non-hydrogen) atoms. The van der Waals surface area contributed by atoms with Gasteiger partial charge >= 0.3 is 17.9 Å². The summed E-state index contributed by atoms with van der Waals surface area (Å²) in [7, 11) is 0. The van der Waals surface area contributed by atoms with Crippen molar-refractivity contribution in [3.63, 3.8) is 0 Å². The van der Waals surface area contributed by atoms with Gasteiger partial charge in [-0.1, -0.05) is 82.1 Å². The van der Waals surface area contributed by atoms with E-state index >= 15 is 0 Å². The van der Waals surface area contributed by atoms with Gasteiger partial charge in [0.2, 0.25) is 82.7 Å². The Balaban J connectivity index is 6.50. The molecule has 592 valence electrons. The SMILES string of the molecule is CC[C@H](C)[C@H](NC(=O)[C@H](C)NC(=O)[C@H](CC(N)=O)NC(=O)[C@H](CCCCN)NC(=O)[C@@H](NC(=O)[C@H](CC(C)C)NC(=O)[C@H](CO)NC(=O)[C@H](CO)NC(=O)[C@H](C)NC(=O)[C@@H](NC(=O)[C@H](CCC(=O)O)NC(=O)[C@@H](NC(=O)[C@@H](N)CC(C)C)[C@@H](C)CC)[C@@H](C)O)C(C)C)C(=O)N[C@@H](CCC(=O)O)C(=O)O. The van der Waals surface area contributed by atoms with Crippen LogP contribution in [0.25, 0.3) is 0 Å². The molecule has 0 aliphatic heterocycles. The molecule has 0 rings (SSSR count). The molecule has 14 amide bonds. The molecule has 0 aliphatic carbocycles. The molecule has 0 aliphatic rings. The number of unbranched alkanes of at least 4 members (excludes halogenated alkanes) is 1. The Kier molecular flexibility index (Phi) is 43.7. The molecule has 0 heterocycles. The van der Waals surface area contributed by atoms with Crippen LogP contribution in [0.3, 0.4) is 0 Å². The van der Waals surface area contributed by atoms with E-state index in [2.05, 4.69) is 69.1 Å². The van der Waals surface area contributed by atoms with Crippen molar-refractivity contribution in [2.75, 3.05) is 19.8 Å². The van der Waals surface area contributed by atoms with E-state index in [1.807, 2.05) is 13.8 Å². The van der Waals surface area contributed by atoms with Crippen LogP contribution < -0.4 is 86.3 Å². The largest absolute Gasteiger partial charge is 0.481 e. The van der Waals surface area contributed by atoms with Gasteiger partial charge in [-0.05, 0) is 102 Å². The number of hydrogen-bond donors (Lipinski definition) is 22. The Labute approximate surface area is 604 Å². The zero-order valence-electron chi connectivity index (χ0n) is 61.5. The first-order chi connectivity index (χ1) is 48.4. The summed E-state index contributed by atoms with van der Waals surface area (Å²) in [6, 6.07) is -22.0. The van der Waals surface area contributed by atoms with Gasteiger partial charge in [-0.2, -0.15) is 0 Å². The summed E-state index contributed by atoms with van der Waals surface area (Å²) in [5.41, 5.74) is 17.2. The van der Waals surface area contributed by atoms with E-state index in [-0.39, 0.29) is 50.5 Å². The molecule has 0 saturated heterocycles. The van der Waals surface area contributed by atoms with E-state index in [0.717, 1.165) is 13.8 Å². The van der Waals surface area contributed by atoms with E-state index in [4.69, 9.17) is 22.3 Å². The Bertz CT molecular complexity index is 2940. The first-order valence-electron chi connectivity index (χ1n) is 34.7. The molecule has 17 atom stereocenters. The topological polar surface area (TPSA) is 646 Å². The fourth-order valence-electron chi connectivity index (χ4n) is 9.98. The van der Waals surface area contributed by atoms with Crippen molar-refractivity contribution in [2.24, 2.45) is 46.8 Å². The van der Waals surface area contributed by atoms with E-state index in [1.54, 1.807) is 41.5 Å². The zero-order valence-corrected chi connectivity index (χ0v) is 61.5. The highest BCUT2D eigenvalue weighted by molar-refractivity contribution is 6.01. The van der Waals surface area contributed by atoms with Crippen LogP contribution in [0.2, 0.25) is 0 Å². The summed E-state index contributed by atoms with van der Waals surface area (Å²) in [6.45, 7) is 17.9. The van der Waals surface area contributed by atoms with Crippen LogP contribution in [0.1, 0.15) is 167 Å². The maximum atomic E-state index is 14.2. The van der Waals surface area contributed by atoms with Gasteiger partial charge in [-0.15, -0.1) is 0 Å². The van der Waals surface area contributed by atoms with Crippen LogP contribution in [0.4, 0.5) is 0 Å². The van der Waals surface area contributed by atoms with Gasteiger partial charge in [-0.3, -0.25) is 76.7 Å². The Morgan fingerprint density at radius 2 is 0.702 bits per heavy atom. The predicted octanol–water partition coefficient (Wildman–Crippen LogP) is -6.32. The molecule has 0 unspecified atom stereocenters. The van der Waals surface area contributed by atoms with Crippen LogP contribution >= 0.6 is 0 Å². The van der Waals surface area contributed by atoms with Crippen LogP contribution in [0.15, 0.2) is 0 Å². The average Bonchev–Trinajstić information content (AvgIpc) is 0.861. The van der Waals surface area contributed by atoms with Gasteiger partial charge < -0.3 is 117 Å². The minimum absolute atomic E-state index is 0.0251. The van der Waals surface area contributed by atoms with Crippen molar-refractivity contribution in [3.8, 4) is 0 Å². The lowest BCUT2D eigenvalue weighted by molar-refractivity contribution is -0.144. The smallest absolute Gasteiger partial charge is 0.326 e. The molecule has 25 N–H and O–H groups in total. The first kappa shape index (κ1) is 94.8. The Hall–Kier alpha value is -9.21. The number of rotatable bonds is 51. The molecule has 0 fully saturated rings. The Morgan fingerprint density at radius 3 is 1.12 bits per heavy atom. The molecule has 0 aromatic carbocycles. The summed E-state index contributed by atoms with van der Waals surface area (Å²) >= 11 is 0. The molecule has 0 radical (unpaired) electrons. The lowest BCUT2D eigenvalue weighted by Gasteiger charge is -2.29. The highest BCUT2D eigenvalue weighted by Crippen LogP contribution is 2.15. The van der Waals surface area contributed by atoms with Crippen LogP contribution in [0.5, 0.6) is 0 Å². The third kappa shape index (κ3) is 34.8. The monoisotopic (exact) mass is 1490 g/mol. The van der Waals surface area contributed by atoms with Gasteiger partial charge in [0.05, 0.1) is 31.8 Å². The highest BCUT2D eigenvalue weighted by Gasteiger charge is 2.39. The number of aliphatic carboxylic acids is 3. The maximum Gasteiger partial charge on any atom is 0.326 e. The molecule has 0 saturated carbocycles. The molecular formula is C65H114N16O23. The number of carbonyl (C=O) groups excluding carboxylic acids is 14. The third-order valence-electron chi connectivity index (χ3n) is 16.6. The summed E-state index contributed by atoms with van der Waals surface area (Å²) in [5.74, 6) is -21.2. The number of aliphatic hydroxyl groups excluding tert-OH is 3. The molecule has 0 bridgehead atoms. The van der Waals surface area contributed by atoms with Gasteiger partial charge in [0, 0.05) is 12.8 Å². The van der Waals surface area contributed by atoms with E-state index in [9.17, 15) is 107 Å². The second kappa shape index (κ2) is 47.9. The average molecular weight is 1490 g/mol. The summed E-state index contributed by atoms with van der Waals surface area (Å²) in [5, 5.41) is 90.0. The van der Waals surface area contributed by atoms with Crippen LogP contribution in [-0.4, -0.2) is 242 Å².